The zero-order valence-corrected chi connectivity index (χ0v) is 13.7. The molecule has 4 rings (SSSR count). The quantitative estimate of drug-likeness (QED) is 0.743. The van der Waals surface area contributed by atoms with E-state index in [1.54, 1.807) is 48.8 Å². The van der Waals surface area contributed by atoms with E-state index < -0.39 is 17.5 Å². The monoisotopic (exact) mass is 334 g/mol. The van der Waals surface area contributed by atoms with Crippen LogP contribution in [-0.4, -0.2) is 26.0 Å². The topological polar surface area (TPSA) is 73.7 Å². The highest BCUT2D eigenvalue weighted by atomic mass is 19.1. The summed E-state index contributed by atoms with van der Waals surface area (Å²) >= 11 is 0. The molecule has 0 saturated carbocycles. The maximum atomic E-state index is 14.4. The minimum atomic E-state index is -1.03. The van der Waals surface area contributed by atoms with Crippen LogP contribution in [0.5, 0.6) is 0 Å². The van der Waals surface area contributed by atoms with Gasteiger partial charge in [-0.25, -0.2) is 8.91 Å². The number of hydrogen-bond acceptors (Lipinski definition) is 4. The molecule has 1 aliphatic rings. The van der Waals surface area contributed by atoms with E-state index in [1.165, 1.54) is 6.07 Å². The Hall–Kier alpha value is -3.04. The molecule has 1 aliphatic heterocycles. The van der Waals surface area contributed by atoms with E-state index in [9.17, 15) is 9.50 Å². The first-order valence-corrected chi connectivity index (χ1v) is 7.87. The molecule has 3 heterocycles. The van der Waals surface area contributed by atoms with E-state index in [4.69, 9.17) is 5.26 Å². The lowest BCUT2D eigenvalue weighted by atomic mass is 9.82. The number of nitrogens with zero attached hydrogens (tertiary/aromatic N) is 4. The lowest BCUT2D eigenvalue weighted by Crippen LogP contribution is -2.35. The molecule has 3 aromatic rings. The molecule has 1 N–H and O–H groups in total. The summed E-state index contributed by atoms with van der Waals surface area (Å²) in [5.74, 6) is -0.450. The van der Waals surface area contributed by atoms with Crippen molar-refractivity contribution >= 4 is 11.2 Å². The van der Waals surface area contributed by atoms with Gasteiger partial charge >= 0.3 is 0 Å². The third-order valence-electron chi connectivity index (χ3n) is 4.54. The molecule has 0 bridgehead atoms. The van der Waals surface area contributed by atoms with Crippen molar-refractivity contribution in [3.63, 3.8) is 0 Å². The molecule has 1 atom stereocenters. The van der Waals surface area contributed by atoms with Gasteiger partial charge in [0.25, 0.3) is 0 Å². The molecule has 0 saturated heterocycles. The summed E-state index contributed by atoms with van der Waals surface area (Å²) in [6.07, 6.45) is 0.581. The predicted octanol–water partition coefficient (Wildman–Crippen LogP) is 3.01. The fourth-order valence-electron chi connectivity index (χ4n) is 3.22. The van der Waals surface area contributed by atoms with Gasteiger partial charge in [-0.05, 0) is 38.1 Å². The number of aliphatic hydroxyl groups is 1. The molecule has 6 heteroatoms. The van der Waals surface area contributed by atoms with Crippen LogP contribution < -0.4 is 0 Å². The highest BCUT2D eigenvalue weighted by Crippen LogP contribution is 2.38. The molecule has 0 spiro atoms. The van der Waals surface area contributed by atoms with E-state index in [1.807, 2.05) is 6.07 Å². The van der Waals surface area contributed by atoms with Crippen LogP contribution in [0.2, 0.25) is 0 Å². The number of aliphatic hydroxyl groups excluding tert-OH is 1. The summed E-state index contributed by atoms with van der Waals surface area (Å²) in [5, 5.41) is 23.9. The Balaban J connectivity index is 1.96. The van der Waals surface area contributed by atoms with Gasteiger partial charge in [0.1, 0.15) is 23.7 Å². The number of benzene rings is 1. The summed E-state index contributed by atoms with van der Waals surface area (Å²) in [6, 6.07) is 12.1. The zero-order chi connectivity index (χ0) is 17.8. The first-order chi connectivity index (χ1) is 11.9. The number of halogens is 1. The average Bonchev–Trinajstić information content (AvgIpc) is 3.00. The molecule has 5 nitrogen and oxygen atoms in total. The smallest absolute Gasteiger partial charge is 0.142 e. The largest absolute Gasteiger partial charge is 0.386 e. The van der Waals surface area contributed by atoms with E-state index in [2.05, 4.69) is 16.2 Å². The average molecular weight is 334 g/mol. The number of hydrogen-bond donors (Lipinski definition) is 1. The van der Waals surface area contributed by atoms with Crippen molar-refractivity contribution in [1.29, 1.82) is 5.26 Å². The second kappa shape index (κ2) is 5.23. The van der Waals surface area contributed by atoms with Crippen LogP contribution in [0.4, 0.5) is 4.39 Å². The first kappa shape index (κ1) is 15.5. The van der Waals surface area contributed by atoms with Gasteiger partial charge in [-0.15, -0.1) is 0 Å². The lowest BCUT2D eigenvalue weighted by molar-refractivity contribution is 0.0995. The van der Waals surface area contributed by atoms with Gasteiger partial charge in [0.2, 0.25) is 0 Å². The van der Waals surface area contributed by atoms with Gasteiger partial charge < -0.3 is 5.11 Å². The number of rotatable bonds is 1. The van der Waals surface area contributed by atoms with Crippen LogP contribution in [0.3, 0.4) is 0 Å². The maximum Gasteiger partial charge on any atom is 0.142 e. The van der Waals surface area contributed by atoms with Gasteiger partial charge in [0.05, 0.1) is 23.0 Å². The normalized spacial score (nSPS) is 18.5. The van der Waals surface area contributed by atoms with Crippen molar-refractivity contribution in [3.8, 4) is 6.07 Å². The van der Waals surface area contributed by atoms with Crippen LogP contribution in [0.15, 0.2) is 47.6 Å². The summed E-state index contributed by atoms with van der Waals surface area (Å²) in [7, 11) is 0. The van der Waals surface area contributed by atoms with Crippen molar-refractivity contribution in [2.75, 3.05) is 0 Å². The van der Waals surface area contributed by atoms with Crippen molar-refractivity contribution in [2.24, 2.45) is 4.99 Å². The molecule has 0 fully saturated rings. The van der Waals surface area contributed by atoms with Crippen LogP contribution in [0.1, 0.15) is 42.3 Å². The molecule has 124 valence electrons. The van der Waals surface area contributed by atoms with Gasteiger partial charge in [-0.3, -0.25) is 4.99 Å². The van der Waals surface area contributed by atoms with Gasteiger partial charge in [0, 0.05) is 16.7 Å². The molecule has 1 aromatic carbocycles. The van der Waals surface area contributed by atoms with Crippen LogP contribution in [0.25, 0.3) is 5.52 Å². The summed E-state index contributed by atoms with van der Waals surface area (Å²) in [5.41, 5.74) is 2.43. The molecule has 25 heavy (non-hydrogen) atoms. The summed E-state index contributed by atoms with van der Waals surface area (Å²) in [6.45, 7) is 3.54. The second-order valence-electron chi connectivity index (χ2n) is 6.63. The Morgan fingerprint density at radius 1 is 1.28 bits per heavy atom. The number of nitriles is 1. The number of aliphatic imine (C=N–C) groups is 1. The Morgan fingerprint density at radius 3 is 2.84 bits per heavy atom. The van der Waals surface area contributed by atoms with Gasteiger partial charge in [-0.1, -0.05) is 12.1 Å². The molecule has 0 radical (unpaired) electrons. The molecule has 0 aliphatic carbocycles. The zero-order valence-electron chi connectivity index (χ0n) is 13.7. The SMILES string of the molecule is CC1(C)N=C(c2cnn3c(C#N)ccc3c2)c2cccc(F)c2C1O. The fraction of sp³-hybridized carbons (Fsp3) is 0.211. The minimum absolute atomic E-state index is 0.255. The summed E-state index contributed by atoms with van der Waals surface area (Å²) in [4.78, 5) is 4.67. The Morgan fingerprint density at radius 2 is 2.08 bits per heavy atom. The van der Waals surface area contributed by atoms with E-state index in [0.29, 0.717) is 22.5 Å². The highest BCUT2D eigenvalue weighted by Gasteiger charge is 2.38. The third-order valence-corrected chi connectivity index (χ3v) is 4.54. The maximum absolute atomic E-state index is 14.4. The van der Waals surface area contributed by atoms with Crippen molar-refractivity contribution < 1.29 is 9.50 Å². The van der Waals surface area contributed by atoms with E-state index in [-0.39, 0.29) is 5.56 Å². The highest BCUT2D eigenvalue weighted by molar-refractivity contribution is 6.15. The number of aromatic nitrogens is 2. The first-order valence-electron chi connectivity index (χ1n) is 7.87. The lowest BCUT2D eigenvalue weighted by Gasteiger charge is -2.34. The summed E-state index contributed by atoms with van der Waals surface area (Å²) < 4.78 is 15.9. The molecular formula is C19H15FN4O. The molecule has 2 aromatic heterocycles. The van der Waals surface area contributed by atoms with Crippen molar-refractivity contribution in [2.45, 2.75) is 25.5 Å². The van der Waals surface area contributed by atoms with Crippen LogP contribution in [0, 0.1) is 17.1 Å². The van der Waals surface area contributed by atoms with Crippen molar-refractivity contribution in [3.05, 3.63) is 70.8 Å². The molecule has 0 amide bonds. The van der Waals surface area contributed by atoms with Crippen LogP contribution in [-0.2, 0) is 0 Å². The van der Waals surface area contributed by atoms with Crippen molar-refractivity contribution in [1.82, 2.24) is 9.61 Å². The predicted molar refractivity (Wildman–Crippen MR) is 91.0 cm³/mol. The molecule has 1 unspecified atom stereocenters. The Kier molecular flexibility index (Phi) is 3.24. The number of fused-ring (bicyclic) bond motifs is 2. The van der Waals surface area contributed by atoms with E-state index in [0.717, 1.165) is 5.52 Å². The van der Waals surface area contributed by atoms with E-state index >= 15 is 0 Å². The standard InChI is InChI=1S/C19H15FN4O/c1-19(2)18(25)16-14(4-3-5-15(16)20)17(23-19)11-8-12-6-7-13(9-21)24(12)22-10-11/h3-8,10,18,25H,1-2H3. The third kappa shape index (κ3) is 2.24. The van der Waals surface area contributed by atoms with Crippen LogP contribution >= 0.6 is 0 Å². The van der Waals surface area contributed by atoms with Gasteiger partial charge in [0.15, 0.2) is 0 Å². The van der Waals surface area contributed by atoms with Gasteiger partial charge in [-0.2, -0.15) is 10.4 Å². The second-order valence-corrected chi connectivity index (χ2v) is 6.63. The Labute approximate surface area is 143 Å². The Bertz CT molecular complexity index is 1070. The minimum Gasteiger partial charge on any atom is -0.386 e. The molecular weight excluding hydrogens is 319 g/mol. The fourth-order valence-corrected chi connectivity index (χ4v) is 3.22.